The van der Waals surface area contributed by atoms with Crippen LogP contribution in [0.2, 0.25) is 0 Å². The SMILES string of the molecule is C=CC(C)C(NC(=O)[C@@H]1CCCN1C(=O)OC(C)(C)C)C(=O)OCC.C=O. The van der Waals surface area contributed by atoms with Gasteiger partial charge in [-0.15, -0.1) is 6.58 Å². The summed E-state index contributed by atoms with van der Waals surface area (Å²) in [6.07, 6.45) is 2.30. The normalized spacial score (nSPS) is 18.4. The molecular weight excluding hydrogens is 352 g/mol. The molecule has 1 saturated heterocycles. The van der Waals surface area contributed by atoms with Gasteiger partial charge in [-0.3, -0.25) is 9.69 Å². The fourth-order valence-corrected chi connectivity index (χ4v) is 2.60. The van der Waals surface area contributed by atoms with E-state index in [0.717, 1.165) is 0 Å². The second-order valence-electron chi connectivity index (χ2n) is 7.16. The van der Waals surface area contributed by atoms with Crippen LogP contribution in [0.25, 0.3) is 0 Å². The van der Waals surface area contributed by atoms with Crippen molar-refractivity contribution in [2.75, 3.05) is 13.2 Å². The van der Waals surface area contributed by atoms with Crippen molar-refractivity contribution < 1.29 is 28.7 Å². The molecule has 0 aromatic carbocycles. The summed E-state index contributed by atoms with van der Waals surface area (Å²) in [5.41, 5.74) is -0.633. The number of nitrogens with zero attached hydrogens (tertiary/aromatic N) is 1. The number of likely N-dealkylation sites (tertiary alicyclic amines) is 1. The smallest absolute Gasteiger partial charge is 0.410 e. The molecule has 0 bridgehead atoms. The largest absolute Gasteiger partial charge is 0.464 e. The Hall–Kier alpha value is -2.38. The molecule has 0 aliphatic carbocycles. The summed E-state index contributed by atoms with van der Waals surface area (Å²) in [6, 6.07) is -1.48. The maximum atomic E-state index is 12.7. The van der Waals surface area contributed by atoms with E-state index in [1.807, 2.05) is 6.79 Å². The summed E-state index contributed by atoms with van der Waals surface area (Å²) >= 11 is 0. The number of rotatable bonds is 6. The predicted molar refractivity (Wildman–Crippen MR) is 101 cm³/mol. The van der Waals surface area contributed by atoms with Gasteiger partial charge in [-0.25, -0.2) is 9.59 Å². The minimum atomic E-state index is -0.828. The van der Waals surface area contributed by atoms with Gasteiger partial charge in [0.25, 0.3) is 0 Å². The monoisotopic (exact) mass is 384 g/mol. The minimum Gasteiger partial charge on any atom is -0.464 e. The van der Waals surface area contributed by atoms with Crippen LogP contribution in [0.1, 0.15) is 47.5 Å². The van der Waals surface area contributed by atoms with Gasteiger partial charge in [0.05, 0.1) is 6.61 Å². The molecular formula is C19H32N2O6. The van der Waals surface area contributed by atoms with Crippen molar-refractivity contribution in [2.45, 2.75) is 65.1 Å². The second kappa shape index (κ2) is 11.4. The average Bonchev–Trinajstić information content (AvgIpc) is 3.09. The molecule has 3 atom stereocenters. The van der Waals surface area contributed by atoms with Crippen molar-refractivity contribution >= 4 is 24.8 Å². The molecule has 0 aromatic rings. The Morgan fingerprint density at radius 3 is 2.37 bits per heavy atom. The van der Waals surface area contributed by atoms with Crippen molar-refractivity contribution in [3.8, 4) is 0 Å². The fraction of sp³-hybridized carbons (Fsp3) is 0.684. The fourth-order valence-electron chi connectivity index (χ4n) is 2.60. The Kier molecular flexibility index (Phi) is 10.4. The maximum Gasteiger partial charge on any atom is 0.410 e. The van der Waals surface area contributed by atoms with Crippen molar-refractivity contribution in [3.63, 3.8) is 0 Å². The first-order valence-corrected chi connectivity index (χ1v) is 8.98. The molecule has 0 aromatic heterocycles. The molecule has 1 aliphatic heterocycles. The Labute approximate surface area is 161 Å². The lowest BCUT2D eigenvalue weighted by Gasteiger charge is -2.29. The summed E-state index contributed by atoms with van der Waals surface area (Å²) < 4.78 is 10.4. The maximum absolute atomic E-state index is 12.7. The highest BCUT2D eigenvalue weighted by molar-refractivity contribution is 5.90. The highest BCUT2D eigenvalue weighted by Crippen LogP contribution is 2.21. The van der Waals surface area contributed by atoms with E-state index >= 15 is 0 Å². The van der Waals surface area contributed by atoms with Crippen LogP contribution >= 0.6 is 0 Å². The average molecular weight is 384 g/mol. The third-order valence-electron chi connectivity index (χ3n) is 3.92. The van der Waals surface area contributed by atoms with Crippen LogP contribution in [0.4, 0.5) is 4.79 Å². The molecule has 1 heterocycles. The zero-order chi connectivity index (χ0) is 21.2. The van der Waals surface area contributed by atoms with Gasteiger partial charge in [0.1, 0.15) is 24.5 Å². The number of carbonyl (C=O) groups excluding carboxylic acids is 4. The third-order valence-corrected chi connectivity index (χ3v) is 3.92. The van der Waals surface area contributed by atoms with E-state index in [1.54, 1.807) is 40.7 Å². The van der Waals surface area contributed by atoms with E-state index in [9.17, 15) is 14.4 Å². The Morgan fingerprint density at radius 2 is 1.89 bits per heavy atom. The first-order valence-electron chi connectivity index (χ1n) is 8.98. The quantitative estimate of drug-likeness (QED) is 0.556. The van der Waals surface area contributed by atoms with Gasteiger partial charge in [0, 0.05) is 12.5 Å². The second-order valence-corrected chi connectivity index (χ2v) is 7.16. The first kappa shape index (κ1) is 24.6. The predicted octanol–water partition coefficient (Wildman–Crippen LogP) is 2.07. The van der Waals surface area contributed by atoms with Crippen LogP contribution in [-0.4, -0.2) is 60.5 Å². The molecule has 1 N–H and O–H groups in total. The summed E-state index contributed by atoms with van der Waals surface area (Å²) in [7, 11) is 0. The molecule has 1 fully saturated rings. The minimum absolute atomic E-state index is 0.225. The van der Waals surface area contributed by atoms with E-state index in [2.05, 4.69) is 11.9 Å². The molecule has 1 rings (SSSR count). The summed E-state index contributed by atoms with van der Waals surface area (Å²) in [4.78, 5) is 46.5. The van der Waals surface area contributed by atoms with E-state index < -0.39 is 29.7 Å². The van der Waals surface area contributed by atoms with E-state index in [0.29, 0.717) is 19.4 Å². The van der Waals surface area contributed by atoms with Crippen molar-refractivity contribution in [2.24, 2.45) is 5.92 Å². The molecule has 0 saturated carbocycles. The topological polar surface area (TPSA) is 102 Å². The molecule has 2 amide bonds. The number of amides is 2. The van der Waals surface area contributed by atoms with Gasteiger partial charge in [-0.1, -0.05) is 13.0 Å². The van der Waals surface area contributed by atoms with E-state index in [1.165, 1.54) is 4.90 Å². The molecule has 154 valence electrons. The van der Waals surface area contributed by atoms with Crippen LogP contribution in [0.5, 0.6) is 0 Å². The van der Waals surface area contributed by atoms with Gasteiger partial charge in [-0.2, -0.15) is 0 Å². The van der Waals surface area contributed by atoms with Crippen LogP contribution in [-0.2, 0) is 23.9 Å². The highest BCUT2D eigenvalue weighted by Gasteiger charge is 2.38. The molecule has 0 radical (unpaired) electrons. The molecule has 0 spiro atoms. The lowest BCUT2D eigenvalue weighted by atomic mass is 10.0. The highest BCUT2D eigenvalue weighted by atomic mass is 16.6. The van der Waals surface area contributed by atoms with Gasteiger partial charge >= 0.3 is 12.1 Å². The Balaban J connectivity index is 0.00000326. The van der Waals surface area contributed by atoms with Gasteiger partial charge in [0.2, 0.25) is 5.91 Å². The van der Waals surface area contributed by atoms with Gasteiger partial charge < -0.3 is 19.6 Å². The number of carbonyl (C=O) groups is 4. The molecule has 27 heavy (non-hydrogen) atoms. The standard InChI is InChI=1S/C18H30N2O5.CH2O/c1-7-12(3)14(16(22)24-8-2)19-15(21)13-10-9-11-20(13)17(23)25-18(4,5)6;1-2/h7,12-14H,1,8-11H2,2-6H3,(H,19,21);1H2/t12?,13-,14?;/m0./s1. The van der Waals surface area contributed by atoms with Gasteiger partial charge in [0.15, 0.2) is 0 Å². The first-order chi connectivity index (χ1) is 12.6. The number of ether oxygens (including phenoxy) is 2. The number of hydrogen-bond donors (Lipinski definition) is 1. The number of nitrogens with one attached hydrogen (secondary N) is 1. The van der Waals surface area contributed by atoms with Crippen LogP contribution in [0.15, 0.2) is 12.7 Å². The van der Waals surface area contributed by atoms with Crippen LogP contribution in [0.3, 0.4) is 0 Å². The Bertz CT molecular complexity index is 529. The zero-order valence-corrected chi connectivity index (χ0v) is 16.9. The lowest BCUT2D eigenvalue weighted by Crippen LogP contribution is -2.53. The summed E-state index contributed by atoms with van der Waals surface area (Å²) in [5.74, 6) is -1.18. The van der Waals surface area contributed by atoms with Crippen molar-refractivity contribution in [3.05, 3.63) is 12.7 Å². The number of hydrogen-bond acceptors (Lipinski definition) is 6. The summed E-state index contributed by atoms with van der Waals surface area (Å²) in [6.45, 7) is 15.2. The molecule has 1 aliphatic rings. The Morgan fingerprint density at radius 1 is 1.30 bits per heavy atom. The van der Waals surface area contributed by atoms with Gasteiger partial charge in [-0.05, 0) is 40.5 Å². The van der Waals surface area contributed by atoms with Crippen LogP contribution < -0.4 is 5.32 Å². The van der Waals surface area contributed by atoms with E-state index in [-0.39, 0.29) is 18.4 Å². The van der Waals surface area contributed by atoms with Crippen molar-refractivity contribution in [1.29, 1.82) is 0 Å². The third kappa shape index (κ3) is 7.80. The summed E-state index contributed by atoms with van der Waals surface area (Å²) in [5, 5.41) is 2.71. The lowest BCUT2D eigenvalue weighted by molar-refractivity contribution is -0.148. The van der Waals surface area contributed by atoms with Crippen molar-refractivity contribution in [1.82, 2.24) is 10.2 Å². The number of esters is 1. The zero-order valence-electron chi connectivity index (χ0n) is 16.9. The van der Waals surface area contributed by atoms with E-state index in [4.69, 9.17) is 14.3 Å². The molecule has 2 unspecified atom stereocenters. The molecule has 8 nitrogen and oxygen atoms in total. The molecule has 8 heteroatoms. The van der Waals surface area contributed by atoms with Crippen LogP contribution in [0, 0.1) is 5.92 Å².